The van der Waals surface area contributed by atoms with Crippen LogP contribution in [-0.2, 0) is 16.6 Å². The van der Waals surface area contributed by atoms with E-state index in [2.05, 4.69) is 9.82 Å². The fourth-order valence-electron chi connectivity index (χ4n) is 2.74. The highest BCUT2D eigenvalue weighted by molar-refractivity contribution is 7.89. The number of benzene rings is 1. The standard InChI is InChI=1S/C17H23FN4O3S/c1-2-3-12-26(24,25)19-10-11-21-17(23)22(15-8-9-15)16(20-21)13-4-6-14(18)7-5-13/h4-7,15,19H,2-3,8-12H2,1H3. The first-order chi connectivity index (χ1) is 12.4. The molecule has 0 unspecified atom stereocenters. The van der Waals surface area contributed by atoms with Crippen molar-refractivity contribution in [3.05, 3.63) is 40.6 Å². The summed E-state index contributed by atoms with van der Waals surface area (Å²) in [5.41, 5.74) is 0.400. The molecule has 0 amide bonds. The van der Waals surface area contributed by atoms with E-state index in [9.17, 15) is 17.6 Å². The molecule has 3 rings (SSSR count). The van der Waals surface area contributed by atoms with Gasteiger partial charge in [-0.2, -0.15) is 0 Å². The van der Waals surface area contributed by atoms with Gasteiger partial charge in [0.05, 0.1) is 12.3 Å². The minimum Gasteiger partial charge on any atom is -0.272 e. The number of sulfonamides is 1. The van der Waals surface area contributed by atoms with Crippen molar-refractivity contribution in [2.24, 2.45) is 0 Å². The Morgan fingerprint density at radius 1 is 1.27 bits per heavy atom. The Hall–Kier alpha value is -2.00. The van der Waals surface area contributed by atoms with Crippen molar-refractivity contribution >= 4 is 10.0 Å². The number of halogens is 1. The molecule has 0 spiro atoms. The average molecular weight is 382 g/mol. The first kappa shape index (κ1) is 18.8. The molecule has 1 aromatic heterocycles. The van der Waals surface area contributed by atoms with Crippen LogP contribution in [0.5, 0.6) is 0 Å². The fraction of sp³-hybridized carbons (Fsp3) is 0.529. The van der Waals surface area contributed by atoms with E-state index in [1.54, 1.807) is 16.7 Å². The number of nitrogens with one attached hydrogen (secondary N) is 1. The van der Waals surface area contributed by atoms with Crippen LogP contribution in [0.1, 0.15) is 38.6 Å². The molecule has 1 aliphatic carbocycles. The van der Waals surface area contributed by atoms with Gasteiger partial charge >= 0.3 is 5.69 Å². The van der Waals surface area contributed by atoms with E-state index in [1.165, 1.54) is 16.8 Å². The smallest absolute Gasteiger partial charge is 0.272 e. The lowest BCUT2D eigenvalue weighted by Crippen LogP contribution is -2.33. The quantitative estimate of drug-likeness (QED) is 0.718. The average Bonchev–Trinajstić information content (AvgIpc) is 3.39. The third kappa shape index (κ3) is 4.39. The van der Waals surface area contributed by atoms with Gasteiger partial charge in [0.1, 0.15) is 5.82 Å². The van der Waals surface area contributed by atoms with Crippen LogP contribution in [0.4, 0.5) is 4.39 Å². The molecule has 1 heterocycles. The molecular formula is C17H23FN4O3S. The molecule has 142 valence electrons. The topological polar surface area (TPSA) is 86.0 Å². The van der Waals surface area contributed by atoms with Crippen molar-refractivity contribution in [2.75, 3.05) is 12.3 Å². The van der Waals surface area contributed by atoms with E-state index in [-0.39, 0.29) is 36.4 Å². The number of hydrogen-bond donors (Lipinski definition) is 1. The maximum atomic E-state index is 13.2. The number of unbranched alkanes of at least 4 members (excludes halogenated alkanes) is 1. The summed E-state index contributed by atoms with van der Waals surface area (Å²) in [5, 5.41) is 4.36. The second kappa shape index (κ2) is 7.71. The number of rotatable bonds is 9. The molecule has 1 aliphatic rings. The predicted molar refractivity (Wildman–Crippen MR) is 96.8 cm³/mol. The van der Waals surface area contributed by atoms with Crippen LogP contribution in [0.3, 0.4) is 0 Å². The summed E-state index contributed by atoms with van der Waals surface area (Å²) in [4.78, 5) is 12.7. The lowest BCUT2D eigenvalue weighted by atomic mass is 10.2. The van der Waals surface area contributed by atoms with Crippen molar-refractivity contribution in [3.8, 4) is 11.4 Å². The van der Waals surface area contributed by atoms with E-state index in [0.717, 1.165) is 19.3 Å². The van der Waals surface area contributed by atoms with E-state index >= 15 is 0 Å². The summed E-state index contributed by atoms with van der Waals surface area (Å²) in [6, 6.07) is 5.95. The lowest BCUT2D eigenvalue weighted by Gasteiger charge is -2.05. The third-order valence-corrected chi connectivity index (χ3v) is 5.77. The Morgan fingerprint density at radius 3 is 2.58 bits per heavy atom. The van der Waals surface area contributed by atoms with Crippen LogP contribution in [0, 0.1) is 5.82 Å². The summed E-state index contributed by atoms with van der Waals surface area (Å²) in [6.45, 7) is 2.19. The molecule has 0 atom stereocenters. The van der Waals surface area contributed by atoms with Crippen LogP contribution in [0.2, 0.25) is 0 Å². The maximum Gasteiger partial charge on any atom is 0.346 e. The monoisotopic (exact) mass is 382 g/mol. The van der Waals surface area contributed by atoms with Gasteiger partial charge in [0, 0.05) is 18.2 Å². The van der Waals surface area contributed by atoms with Crippen molar-refractivity contribution < 1.29 is 12.8 Å². The van der Waals surface area contributed by atoms with E-state index in [4.69, 9.17) is 0 Å². The molecule has 0 aliphatic heterocycles. The number of aromatic nitrogens is 3. The Bertz CT molecular complexity index is 914. The molecule has 0 radical (unpaired) electrons. The number of nitrogens with zero attached hydrogens (tertiary/aromatic N) is 3. The van der Waals surface area contributed by atoms with Crippen molar-refractivity contribution in [3.63, 3.8) is 0 Å². The largest absolute Gasteiger partial charge is 0.346 e. The first-order valence-electron chi connectivity index (χ1n) is 8.84. The van der Waals surface area contributed by atoms with Gasteiger partial charge in [-0.05, 0) is 43.5 Å². The Labute approximate surface area is 151 Å². The van der Waals surface area contributed by atoms with Crippen LogP contribution in [0.15, 0.2) is 29.1 Å². The van der Waals surface area contributed by atoms with Gasteiger partial charge in [0.2, 0.25) is 10.0 Å². The minimum atomic E-state index is -3.33. The SMILES string of the molecule is CCCCS(=O)(=O)NCCn1nc(-c2ccc(F)cc2)n(C2CC2)c1=O. The van der Waals surface area contributed by atoms with Gasteiger partial charge in [-0.25, -0.2) is 27.0 Å². The molecule has 0 saturated heterocycles. The molecule has 1 aromatic carbocycles. The zero-order valence-corrected chi connectivity index (χ0v) is 15.5. The van der Waals surface area contributed by atoms with E-state index < -0.39 is 10.0 Å². The Morgan fingerprint density at radius 2 is 1.96 bits per heavy atom. The van der Waals surface area contributed by atoms with Crippen LogP contribution in [0.25, 0.3) is 11.4 Å². The molecule has 26 heavy (non-hydrogen) atoms. The summed E-state index contributed by atoms with van der Waals surface area (Å²) in [5.74, 6) is 0.219. The van der Waals surface area contributed by atoms with Gasteiger partial charge in [0.15, 0.2) is 5.82 Å². The highest BCUT2D eigenvalue weighted by Crippen LogP contribution is 2.36. The molecule has 2 aromatic rings. The van der Waals surface area contributed by atoms with Gasteiger partial charge < -0.3 is 0 Å². The van der Waals surface area contributed by atoms with Gasteiger partial charge in [-0.3, -0.25) is 4.57 Å². The molecule has 1 saturated carbocycles. The van der Waals surface area contributed by atoms with E-state index in [1.807, 2.05) is 6.92 Å². The zero-order valence-electron chi connectivity index (χ0n) is 14.7. The highest BCUT2D eigenvalue weighted by atomic mass is 32.2. The van der Waals surface area contributed by atoms with E-state index in [0.29, 0.717) is 17.8 Å². The second-order valence-electron chi connectivity index (χ2n) is 6.50. The summed E-state index contributed by atoms with van der Waals surface area (Å²) in [6.07, 6.45) is 3.21. The van der Waals surface area contributed by atoms with Crippen LogP contribution in [-0.4, -0.2) is 35.1 Å². The minimum absolute atomic E-state index is 0.0791. The second-order valence-corrected chi connectivity index (χ2v) is 8.43. The lowest BCUT2D eigenvalue weighted by molar-refractivity contribution is 0.545. The summed E-state index contributed by atoms with van der Waals surface area (Å²) in [7, 11) is -3.33. The predicted octanol–water partition coefficient (Wildman–Crippen LogP) is 1.91. The van der Waals surface area contributed by atoms with Gasteiger partial charge in [0.25, 0.3) is 0 Å². The zero-order chi connectivity index (χ0) is 18.7. The number of hydrogen-bond acceptors (Lipinski definition) is 4. The molecule has 1 N–H and O–H groups in total. The van der Waals surface area contributed by atoms with Crippen LogP contribution < -0.4 is 10.4 Å². The fourth-order valence-corrected chi connectivity index (χ4v) is 3.95. The summed E-state index contributed by atoms with van der Waals surface area (Å²) < 4.78 is 42.3. The Balaban J connectivity index is 1.77. The normalized spacial score (nSPS) is 14.7. The third-order valence-electron chi connectivity index (χ3n) is 4.30. The van der Waals surface area contributed by atoms with Crippen molar-refractivity contribution in [2.45, 2.75) is 45.2 Å². The first-order valence-corrected chi connectivity index (χ1v) is 10.5. The van der Waals surface area contributed by atoms with Crippen LogP contribution >= 0.6 is 0 Å². The molecule has 7 nitrogen and oxygen atoms in total. The molecule has 9 heteroatoms. The van der Waals surface area contributed by atoms with Crippen molar-refractivity contribution in [1.82, 2.24) is 19.1 Å². The van der Waals surface area contributed by atoms with Crippen molar-refractivity contribution in [1.29, 1.82) is 0 Å². The molecule has 0 bridgehead atoms. The summed E-state index contributed by atoms with van der Waals surface area (Å²) >= 11 is 0. The van der Waals surface area contributed by atoms with Gasteiger partial charge in [-0.1, -0.05) is 13.3 Å². The highest BCUT2D eigenvalue weighted by Gasteiger charge is 2.30. The van der Waals surface area contributed by atoms with Gasteiger partial charge in [-0.15, -0.1) is 5.10 Å². The molecular weight excluding hydrogens is 359 g/mol. The maximum absolute atomic E-state index is 13.2. The molecule has 1 fully saturated rings. The Kier molecular flexibility index (Phi) is 5.57.